The molecule has 1 N–H and O–H groups in total. The lowest BCUT2D eigenvalue weighted by Crippen LogP contribution is -2.28. The summed E-state index contributed by atoms with van der Waals surface area (Å²) in [7, 11) is 0. The maximum absolute atomic E-state index is 15.3. The van der Waals surface area contributed by atoms with E-state index in [2.05, 4.69) is 4.72 Å². The summed E-state index contributed by atoms with van der Waals surface area (Å²) < 4.78 is 71.8. The van der Waals surface area contributed by atoms with Gasteiger partial charge in [-0.1, -0.05) is 66.7 Å². The molecule has 1 fully saturated rings. The van der Waals surface area contributed by atoms with Gasteiger partial charge in [0.1, 0.15) is 23.6 Å². The molecule has 46 heavy (non-hydrogen) atoms. The fourth-order valence-electron chi connectivity index (χ4n) is 5.16. The SMILES string of the molecule is Fc1cc(I)ccc1Cc1c(F)c(F)c2ccoc2c1NSOOC1(C[C@@H](COCc2ccccc2)OCc2ccccc2)CC1. The van der Waals surface area contributed by atoms with E-state index in [1.54, 1.807) is 12.1 Å². The zero-order valence-corrected chi connectivity index (χ0v) is 27.6. The molecule has 240 valence electrons. The van der Waals surface area contributed by atoms with Crippen molar-refractivity contribution in [2.75, 3.05) is 11.3 Å². The van der Waals surface area contributed by atoms with E-state index >= 15 is 4.39 Å². The highest BCUT2D eigenvalue weighted by atomic mass is 127. The molecule has 5 aromatic rings. The monoisotopic (exact) mass is 761 g/mol. The van der Waals surface area contributed by atoms with Gasteiger partial charge in [-0.05, 0) is 70.3 Å². The molecule has 11 heteroatoms. The number of halogens is 4. The molecule has 0 saturated heterocycles. The molecule has 0 spiro atoms. The van der Waals surface area contributed by atoms with Crippen LogP contribution >= 0.6 is 34.8 Å². The van der Waals surface area contributed by atoms with E-state index in [4.69, 9.17) is 23.1 Å². The van der Waals surface area contributed by atoms with Gasteiger partial charge in [0.05, 0.1) is 43.3 Å². The van der Waals surface area contributed by atoms with Gasteiger partial charge in [-0.25, -0.2) is 18.1 Å². The Morgan fingerprint density at radius 3 is 2.30 bits per heavy atom. The largest absolute Gasteiger partial charge is 0.462 e. The molecule has 1 atom stereocenters. The van der Waals surface area contributed by atoms with E-state index in [1.807, 2.05) is 83.3 Å². The van der Waals surface area contributed by atoms with Crippen molar-refractivity contribution in [3.05, 3.63) is 134 Å². The number of fused-ring (bicyclic) bond motifs is 1. The first-order chi connectivity index (χ1) is 22.4. The molecule has 1 aliphatic rings. The molecule has 0 bridgehead atoms. The third kappa shape index (κ3) is 8.25. The topological polar surface area (TPSA) is 62.1 Å². The molecular formula is C35H31F3INO5S. The third-order valence-electron chi connectivity index (χ3n) is 7.81. The van der Waals surface area contributed by atoms with Crippen molar-refractivity contribution in [3.63, 3.8) is 0 Å². The van der Waals surface area contributed by atoms with Crippen LogP contribution in [0.25, 0.3) is 11.0 Å². The highest BCUT2D eigenvalue weighted by Crippen LogP contribution is 2.45. The average molecular weight is 762 g/mol. The van der Waals surface area contributed by atoms with Crippen LogP contribution in [-0.4, -0.2) is 18.3 Å². The van der Waals surface area contributed by atoms with Crippen molar-refractivity contribution in [2.45, 2.75) is 50.6 Å². The Bertz CT molecular complexity index is 1750. The van der Waals surface area contributed by atoms with Gasteiger partial charge in [0, 0.05) is 22.0 Å². The normalized spacial score (nSPS) is 14.4. The Morgan fingerprint density at radius 2 is 1.61 bits per heavy atom. The first-order valence-electron chi connectivity index (χ1n) is 14.8. The van der Waals surface area contributed by atoms with Crippen molar-refractivity contribution in [2.24, 2.45) is 0 Å². The summed E-state index contributed by atoms with van der Waals surface area (Å²) >= 11 is 2.69. The standard InChI is InChI=1S/C35H31F3INO5S/c36-30-18-26(39)12-11-25(30)17-29-32(38)31(37)28-13-16-42-34(28)33(29)40-46-45-44-35(14-15-35)19-27(43-21-24-9-5-2-6-10-24)22-41-20-23-7-3-1-4-8-23/h1-13,16,18,27,40H,14-15,17,19-22H2/t27-/m0/s1. The van der Waals surface area contributed by atoms with Crippen LogP contribution in [0.3, 0.4) is 0 Å². The van der Waals surface area contributed by atoms with Gasteiger partial charge in [-0.15, -0.1) is 4.33 Å². The van der Waals surface area contributed by atoms with Crippen molar-refractivity contribution < 1.29 is 36.3 Å². The first-order valence-corrected chi connectivity index (χ1v) is 16.6. The van der Waals surface area contributed by atoms with Crippen LogP contribution in [0.1, 0.15) is 41.5 Å². The van der Waals surface area contributed by atoms with Crippen LogP contribution in [0.4, 0.5) is 18.9 Å². The van der Waals surface area contributed by atoms with Gasteiger partial charge in [-0.2, -0.15) is 0 Å². The minimum atomic E-state index is -1.09. The van der Waals surface area contributed by atoms with Crippen LogP contribution in [-0.2, 0) is 38.3 Å². The van der Waals surface area contributed by atoms with Gasteiger partial charge >= 0.3 is 0 Å². The molecule has 1 saturated carbocycles. The van der Waals surface area contributed by atoms with Gasteiger partial charge < -0.3 is 18.6 Å². The van der Waals surface area contributed by atoms with Crippen molar-refractivity contribution >= 4 is 51.5 Å². The van der Waals surface area contributed by atoms with Gasteiger partial charge in [0.15, 0.2) is 17.2 Å². The Kier molecular flexibility index (Phi) is 10.9. The Hall–Kier alpha value is -3.07. The molecule has 4 aromatic carbocycles. The predicted octanol–water partition coefficient (Wildman–Crippen LogP) is 9.69. The third-order valence-corrected chi connectivity index (χ3v) is 8.90. The lowest BCUT2D eigenvalue weighted by Gasteiger charge is -2.23. The fourth-order valence-corrected chi connectivity index (χ4v) is 6.13. The summed E-state index contributed by atoms with van der Waals surface area (Å²) in [6.45, 7) is 1.24. The smallest absolute Gasteiger partial charge is 0.170 e. The van der Waals surface area contributed by atoms with Crippen LogP contribution in [0, 0.1) is 21.0 Å². The summed E-state index contributed by atoms with van der Waals surface area (Å²) in [5.41, 5.74) is 1.86. The maximum atomic E-state index is 15.3. The van der Waals surface area contributed by atoms with Crippen LogP contribution < -0.4 is 4.72 Å². The summed E-state index contributed by atoms with van der Waals surface area (Å²) in [6.07, 6.45) is 2.83. The molecule has 6 rings (SSSR count). The minimum absolute atomic E-state index is 0.0408. The zero-order valence-electron chi connectivity index (χ0n) is 24.6. The van der Waals surface area contributed by atoms with Crippen molar-refractivity contribution in [1.29, 1.82) is 0 Å². The van der Waals surface area contributed by atoms with E-state index in [9.17, 15) is 8.78 Å². The van der Waals surface area contributed by atoms with Crippen LogP contribution in [0.5, 0.6) is 0 Å². The summed E-state index contributed by atoms with van der Waals surface area (Å²) in [4.78, 5) is 5.85. The fraction of sp³-hybridized carbons (Fsp3) is 0.257. The second-order valence-electron chi connectivity index (χ2n) is 11.2. The molecule has 0 amide bonds. The van der Waals surface area contributed by atoms with E-state index in [-0.39, 0.29) is 40.3 Å². The number of nitrogens with one attached hydrogen (secondary N) is 1. The van der Waals surface area contributed by atoms with E-state index in [1.165, 1.54) is 18.4 Å². The minimum Gasteiger partial charge on any atom is -0.462 e. The molecule has 0 radical (unpaired) electrons. The maximum Gasteiger partial charge on any atom is 0.170 e. The number of rotatable bonds is 16. The summed E-state index contributed by atoms with van der Waals surface area (Å²) in [6, 6.07) is 25.8. The Labute approximate surface area is 283 Å². The van der Waals surface area contributed by atoms with E-state index < -0.39 is 23.1 Å². The van der Waals surface area contributed by atoms with Gasteiger partial charge in [0.2, 0.25) is 0 Å². The zero-order chi connectivity index (χ0) is 31.9. The number of ether oxygens (including phenoxy) is 2. The molecule has 6 nitrogen and oxygen atoms in total. The Morgan fingerprint density at radius 1 is 0.891 bits per heavy atom. The lowest BCUT2D eigenvalue weighted by atomic mass is 10.0. The molecule has 1 heterocycles. The second kappa shape index (κ2) is 15.2. The van der Waals surface area contributed by atoms with Gasteiger partial charge in [0.25, 0.3) is 0 Å². The van der Waals surface area contributed by atoms with E-state index in [0.29, 0.717) is 42.0 Å². The highest BCUT2D eigenvalue weighted by Gasteiger charge is 2.48. The number of furan rings is 1. The van der Waals surface area contributed by atoms with Crippen molar-refractivity contribution in [1.82, 2.24) is 0 Å². The number of hydrogen-bond acceptors (Lipinski definition) is 7. The highest BCUT2D eigenvalue weighted by molar-refractivity contribution is 14.1. The summed E-state index contributed by atoms with van der Waals surface area (Å²) in [5.74, 6) is -2.68. The van der Waals surface area contributed by atoms with E-state index in [0.717, 1.165) is 24.0 Å². The predicted molar refractivity (Wildman–Crippen MR) is 179 cm³/mol. The summed E-state index contributed by atoms with van der Waals surface area (Å²) in [5, 5.41) is -0.0408. The quantitative estimate of drug-likeness (QED) is 0.0269. The van der Waals surface area contributed by atoms with Crippen molar-refractivity contribution in [3.8, 4) is 0 Å². The number of hydrogen-bond donors (Lipinski definition) is 1. The number of anilines is 1. The van der Waals surface area contributed by atoms with Crippen LogP contribution in [0.15, 0.2) is 95.6 Å². The molecule has 1 aliphatic carbocycles. The molecular weight excluding hydrogens is 730 g/mol. The number of benzene rings is 4. The second-order valence-corrected chi connectivity index (χ2v) is 13.0. The molecule has 1 aromatic heterocycles. The van der Waals surface area contributed by atoms with Crippen LogP contribution in [0.2, 0.25) is 0 Å². The Balaban J connectivity index is 1.10. The lowest BCUT2D eigenvalue weighted by molar-refractivity contribution is -0.253. The average Bonchev–Trinajstić information content (AvgIpc) is 3.65. The molecule has 0 aliphatic heterocycles. The first kappa shape index (κ1) is 32.9. The molecule has 0 unspecified atom stereocenters. The van der Waals surface area contributed by atoms with Gasteiger partial charge in [-0.3, -0.25) is 0 Å².